The Bertz CT molecular complexity index is 20.0. The van der Waals surface area contributed by atoms with E-state index in [2.05, 4.69) is 3.71 Å². The first-order valence-corrected chi connectivity index (χ1v) is 1.70. The van der Waals surface area contributed by atoms with Crippen molar-refractivity contribution in [1.82, 2.24) is 0 Å². The van der Waals surface area contributed by atoms with Crippen LogP contribution in [-0.4, -0.2) is 24.0 Å². The fourth-order valence-corrected chi connectivity index (χ4v) is 0. The van der Waals surface area contributed by atoms with E-state index in [-0.39, 0.29) is 0 Å². The molecule has 0 aliphatic carbocycles. The first kappa shape index (κ1) is 4.20. The summed E-state index contributed by atoms with van der Waals surface area (Å²) in [5.74, 6) is 0. The van der Waals surface area contributed by atoms with Crippen LogP contribution in [-0.2, 0) is 8.41 Å². The zero-order valence-electron chi connectivity index (χ0n) is 2.39. The number of hydrogen-bond acceptors (Lipinski definition) is 2. The average molecular weight is 71.8 g/mol. The summed E-state index contributed by atoms with van der Waals surface area (Å²) in [6.07, 6.45) is 0. The summed E-state index contributed by atoms with van der Waals surface area (Å²) in [4.78, 5) is 0. The Morgan fingerprint density at radius 1 is 2.00 bits per heavy atom. The van der Waals surface area contributed by atoms with Crippen molar-refractivity contribution >= 4 is 24.0 Å². The van der Waals surface area contributed by atoms with Gasteiger partial charge in [-0.3, -0.25) is 0 Å². The Labute approximate surface area is 33.2 Å². The van der Waals surface area contributed by atoms with E-state index in [9.17, 15) is 0 Å². The van der Waals surface area contributed by atoms with Crippen molar-refractivity contribution in [3.05, 3.63) is 0 Å². The molecular formula is H2AlBO2. The van der Waals surface area contributed by atoms with Gasteiger partial charge in [-0.2, -0.15) is 0 Å². The SMILES string of the molecule is O=B[O][AlH2]. The normalized spacial score (nSPS) is 4.00. The van der Waals surface area contributed by atoms with Gasteiger partial charge in [-0.25, -0.2) is 0 Å². The van der Waals surface area contributed by atoms with Crippen LogP contribution in [0.4, 0.5) is 0 Å². The Morgan fingerprint density at radius 3 is 2.25 bits per heavy atom. The van der Waals surface area contributed by atoms with Crippen LogP contribution in [0.3, 0.4) is 0 Å². The summed E-state index contributed by atoms with van der Waals surface area (Å²) in [5.41, 5.74) is 0. The molecule has 4 heteroatoms. The molecule has 0 bridgehead atoms. The van der Waals surface area contributed by atoms with E-state index in [1.807, 2.05) is 0 Å². The van der Waals surface area contributed by atoms with Gasteiger partial charge in [0.1, 0.15) is 0 Å². The van der Waals surface area contributed by atoms with E-state index in [4.69, 9.17) is 4.70 Å². The van der Waals surface area contributed by atoms with Crippen molar-refractivity contribution in [2.75, 3.05) is 0 Å². The topological polar surface area (TPSA) is 26.3 Å². The maximum absolute atomic E-state index is 8.99. The Morgan fingerprint density at radius 2 is 2.25 bits per heavy atom. The van der Waals surface area contributed by atoms with Crippen molar-refractivity contribution in [3.63, 3.8) is 0 Å². The van der Waals surface area contributed by atoms with E-state index in [1.165, 1.54) is 0 Å². The molecule has 0 amide bonds. The third-order valence-corrected chi connectivity index (χ3v) is 0.289. The summed E-state index contributed by atoms with van der Waals surface area (Å²) in [5, 5.41) is 0. The van der Waals surface area contributed by atoms with E-state index < -0.39 is 0 Å². The molecule has 0 saturated heterocycles. The van der Waals surface area contributed by atoms with Crippen LogP contribution in [0.1, 0.15) is 0 Å². The summed E-state index contributed by atoms with van der Waals surface area (Å²) >= 11 is 0.522. The Kier molecular flexibility index (Phi) is 3.36. The van der Waals surface area contributed by atoms with Gasteiger partial charge in [0.15, 0.2) is 0 Å². The van der Waals surface area contributed by atoms with Gasteiger partial charge in [0.2, 0.25) is 0 Å². The van der Waals surface area contributed by atoms with Crippen LogP contribution < -0.4 is 0 Å². The van der Waals surface area contributed by atoms with E-state index >= 15 is 0 Å². The Balaban J connectivity index is 2.30. The molecule has 0 aromatic carbocycles. The molecule has 0 spiro atoms. The van der Waals surface area contributed by atoms with Gasteiger partial charge in [0, 0.05) is 0 Å². The van der Waals surface area contributed by atoms with Gasteiger partial charge >= 0.3 is 32.4 Å². The molecule has 0 atom stereocenters. The molecular weight excluding hydrogens is 69.8 g/mol. The summed E-state index contributed by atoms with van der Waals surface area (Å²) in [6.45, 7) is 0. The van der Waals surface area contributed by atoms with Gasteiger partial charge in [0.05, 0.1) is 0 Å². The van der Waals surface area contributed by atoms with Crippen molar-refractivity contribution in [1.29, 1.82) is 0 Å². The van der Waals surface area contributed by atoms with Crippen LogP contribution in [0.25, 0.3) is 0 Å². The number of rotatable bonds is 1. The molecule has 0 radical (unpaired) electrons. The minimum absolute atomic E-state index is 0.437. The third kappa shape index (κ3) is 2.20. The van der Waals surface area contributed by atoms with Crippen molar-refractivity contribution in [2.24, 2.45) is 0 Å². The second-order valence-electron chi connectivity index (χ2n) is 0.332. The second-order valence-corrected chi connectivity index (χ2v) is 0.803. The second kappa shape index (κ2) is 3.20. The summed E-state index contributed by atoms with van der Waals surface area (Å²) < 4.78 is 13.0. The third-order valence-electron chi connectivity index (χ3n) is 0.0962. The summed E-state index contributed by atoms with van der Waals surface area (Å²) in [7, 11) is 0.437. The Hall–Kier alpha value is 0.197. The molecule has 0 aromatic heterocycles. The molecule has 0 aliphatic heterocycles. The molecule has 0 heterocycles. The average Bonchev–Trinajstić information content (AvgIpc) is 1.37. The zero-order valence-corrected chi connectivity index (χ0v) is 4.39. The maximum atomic E-state index is 8.99. The molecule has 0 fully saturated rings. The van der Waals surface area contributed by atoms with Crippen LogP contribution in [0, 0.1) is 0 Å². The standard InChI is InChI=1S/Al.BO2.2H/c;2-1-3;;/q+1;-1;;. The molecule has 20 valence electrons. The monoisotopic (exact) mass is 72.0 g/mol. The first-order chi connectivity index (χ1) is 1.91. The molecule has 2 nitrogen and oxygen atoms in total. The van der Waals surface area contributed by atoms with Gasteiger partial charge in [-0.05, 0) is 0 Å². The van der Waals surface area contributed by atoms with E-state index in [0.717, 1.165) is 0 Å². The predicted octanol–water partition coefficient (Wildman–Crippen LogP) is -1.48. The van der Waals surface area contributed by atoms with Crippen LogP contribution >= 0.6 is 0 Å². The molecule has 0 unspecified atom stereocenters. The number of hydrogen-bond donors (Lipinski definition) is 0. The van der Waals surface area contributed by atoms with Gasteiger partial charge in [-0.15, -0.1) is 0 Å². The molecule has 0 rings (SSSR count). The van der Waals surface area contributed by atoms with E-state index in [0.29, 0.717) is 24.0 Å². The molecule has 4 heavy (non-hydrogen) atoms. The molecule has 0 saturated carbocycles. The fraction of sp³-hybridized carbons (Fsp3) is 0. The van der Waals surface area contributed by atoms with Crippen molar-refractivity contribution < 1.29 is 8.41 Å². The van der Waals surface area contributed by atoms with Crippen LogP contribution in [0.2, 0.25) is 0 Å². The molecule has 0 aliphatic rings. The van der Waals surface area contributed by atoms with Crippen LogP contribution in [0.5, 0.6) is 0 Å². The predicted molar refractivity (Wildman–Crippen MR) is 16.1 cm³/mol. The van der Waals surface area contributed by atoms with Gasteiger partial charge in [-0.1, -0.05) is 0 Å². The summed E-state index contributed by atoms with van der Waals surface area (Å²) in [6, 6.07) is 0. The molecule has 0 aromatic rings. The van der Waals surface area contributed by atoms with Gasteiger partial charge < -0.3 is 0 Å². The van der Waals surface area contributed by atoms with Crippen LogP contribution in [0.15, 0.2) is 0 Å². The van der Waals surface area contributed by atoms with Crippen molar-refractivity contribution in [2.45, 2.75) is 0 Å². The zero-order chi connectivity index (χ0) is 3.41. The van der Waals surface area contributed by atoms with Crippen molar-refractivity contribution in [3.8, 4) is 0 Å². The molecule has 0 N–H and O–H groups in total. The minimum atomic E-state index is 0.437. The van der Waals surface area contributed by atoms with Gasteiger partial charge in [0.25, 0.3) is 0 Å². The van der Waals surface area contributed by atoms with E-state index in [1.54, 1.807) is 0 Å². The fourth-order valence-electron chi connectivity index (χ4n) is 0. The quantitative estimate of drug-likeness (QED) is 0.353. The first-order valence-electron chi connectivity index (χ1n) is 0.880.